The Morgan fingerprint density at radius 1 is 1.56 bits per heavy atom. The van der Waals surface area contributed by atoms with Gasteiger partial charge in [0.25, 0.3) is 0 Å². The number of aliphatic hydroxyl groups excluding tert-OH is 1. The predicted molar refractivity (Wildman–Crippen MR) is 61.6 cm³/mol. The molecule has 2 aliphatic carbocycles. The van der Waals surface area contributed by atoms with Gasteiger partial charge in [0.05, 0.1) is 11.5 Å². The number of aliphatic hydroxyl groups is 1. The molecule has 4 N–H and O–H groups in total. The van der Waals surface area contributed by atoms with Gasteiger partial charge in [0.1, 0.15) is 0 Å². The van der Waals surface area contributed by atoms with Gasteiger partial charge < -0.3 is 16.2 Å². The molecule has 0 aromatic heterocycles. The number of nitrogens with one attached hydrogen (secondary N) is 1. The fraction of sp³-hybridized carbons (Fsp3) is 0.917. The molecule has 92 valence electrons. The van der Waals surface area contributed by atoms with Crippen LogP contribution in [0, 0.1) is 16.7 Å². The SMILES string of the molecule is CC1(C)[C@@H]2CC[C@]1(C(=O)NCCN)[C@H](O)C2. The Morgan fingerprint density at radius 3 is 2.69 bits per heavy atom. The lowest BCUT2D eigenvalue weighted by molar-refractivity contribution is -0.142. The fourth-order valence-corrected chi connectivity index (χ4v) is 3.83. The molecular weight excluding hydrogens is 204 g/mol. The summed E-state index contributed by atoms with van der Waals surface area (Å²) in [7, 11) is 0. The zero-order valence-corrected chi connectivity index (χ0v) is 10.1. The monoisotopic (exact) mass is 226 g/mol. The summed E-state index contributed by atoms with van der Waals surface area (Å²) in [4.78, 5) is 12.3. The Bertz CT molecular complexity index is 303. The lowest BCUT2D eigenvalue weighted by Crippen LogP contribution is -2.52. The third-order valence-electron chi connectivity index (χ3n) is 4.97. The standard InChI is InChI=1S/C12H22N2O2/c1-11(2)8-3-4-12(11,9(15)7-8)10(16)14-6-5-13/h8-9,15H,3-7,13H2,1-2H3,(H,14,16)/t8-,9-,12-/m1/s1. The van der Waals surface area contributed by atoms with Crippen molar-refractivity contribution in [3.8, 4) is 0 Å². The second-order valence-corrected chi connectivity index (χ2v) is 5.72. The van der Waals surface area contributed by atoms with Gasteiger partial charge in [-0.25, -0.2) is 0 Å². The smallest absolute Gasteiger partial charge is 0.229 e. The van der Waals surface area contributed by atoms with Gasteiger partial charge in [-0.1, -0.05) is 13.8 Å². The summed E-state index contributed by atoms with van der Waals surface area (Å²) in [5.74, 6) is 0.474. The molecule has 0 saturated heterocycles. The normalized spacial score (nSPS) is 40.0. The van der Waals surface area contributed by atoms with E-state index in [2.05, 4.69) is 19.2 Å². The van der Waals surface area contributed by atoms with Crippen LogP contribution < -0.4 is 11.1 Å². The van der Waals surface area contributed by atoms with Crippen LogP contribution in [0.1, 0.15) is 33.1 Å². The lowest BCUT2D eigenvalue weighted by atomic mass is 9.67. The highest BCUT2D eigenvalue weighted by Gasteiger charge is 2.67. The molecule has 2 aliphatic rings. The van der Waals surface area contributed by atoms with E-state index in [0.29, 0.717) is 19.0 Å². The average molecular weight is 226 g/mol. The molecule has 4 heteroatoms. The fourth-order valence-electron chi connectivity index (χ4n) is 3.83. The second-order valence-electron chi connectivity index (χ2n) is 5.72. The maximum atomic E-state index is 12.3. The van der Waals surface area contributed by atoms with Crippen molar-refractivity contribution in [1.82, 2.24) is 5.32 Å². The van der Waals surface area contributed by atoms with E-state index in [9.17, 15) is 9.90 Å². The molecule has 0 unspecified atom stereocenters. The summed E-state index contributed by atoms with van der Waals surface area (Å²) < 4.78 is 0. The molecule has 4 nitrogen and oxygen atoms in total. The van der Waals surface area contributed by atoms with Gasteiger partial charge in [-0.2, -0.15) is 0 Å². The first-order valence-corrected chi connectivity index (χ1v) is 6.13. The van der Waals surface area contributed by atoms with Crippen LogP contribution in [0.3, 0.4) is 0 Å². The van der Waals surface area contributed by atoms with Crippen molar-refractivity contribution in [2.24, 2.45) is 22.5 Å². The number of carbonyl (C=O) groups is 1. The molecule has 0 aliphatic heterocycles. The molecular formula is C12H22N2O2. The van der Waals surface area contributed by atoms with E-state index in [0.717, 1.165) is 19.3 Å². The summed E-state index contributed by atoms with van der Waals surface area (Å²) in [6.07, 6.45) is 2.14. The van der Waals surface area contributed by atoms with Crippen LogP contribution in [0.4, 0.5) is 0 Å². The average Bonchev–Trinajstić information content (AvgIpc) is 2.59. The van der Waals surface area contributed by atoms with E-state index in [1.165, 1.54) is 0 Å². The molecule has 1 amide bonds. The van der Waals surface area contributed by atoms with Crippen LogP contribution in [0.15, 0.2) is 0 Å². The second kappa shape index (κ2) is 3.70. The maximum absolute atomic E-state index is 12.3. The van der Waals surface area contributed by atoms with E-state index < -0.39 is 11.5 Å². The van der Waals surface area contributed by atoms with Gasteiger partial charge in [-0.05, 0) is 30.6 Å². The minimum atomic E-state index is -0.577. The largest absolute Gasteiger partial charge is 0.392 e. The first kappa shape index (κ1) is 11.9. The predicted octanol–water partition coefficient (Wildman–Crippen LogP) is 0.249. The molecule has 16 heavy (non-hydrogen) atoms. The quantitative estimate of drug-likeness (QED) is 0.645. The summed E-state index contributed by atoms with van der Waals surface area (Å²) in [6.45, 7) is 5.17. The number of hydrogen-bond donors (Lipinski definition) is 3. The van der Waals surface area contributed by atoms with Gasteiger partial charge in [0, 0.05) is 13.1 Å². The third kappa shape index (κ3) is 1.26. The molecule has 2 fully saturated rings. The first-order chi connectivity index (χ1) is 7.46. The topological polar surface area (TPSA) is 75.4 Å². The van der Waals surface area contributed by atoms with E-state index in [4.69, 9.17) is 5.73 Å². The van der Waals surface area contributed by atoms with Crippen molar-refractivity contribution in [1.29, 1.82) is 0 Å². The Balaban J connectivity index is 2.24. The highest BCUT2D eigenvalue weighted by molar-refractivity contribution is 5.85. The van der Waals surface area contributed by atoms with Crippen molar-refractivity contribution < 1.29 is 9.90 Å². The van der Waals surface area contributed by atoms with Gasteiger partial charge in [-0.3, -0.25) is 4.79 Å². The van der Waals surface area contributed by atoms with Crippen LogP contribution >= 0.6 is 0 Å². The molecule has 0 aromatic carbocycles. The summed E-state index contributed by atoms with van der Waals surface area (Å²) in [5.41, 5.74) is 4.73. The Hall–Kier alpha value is -0.610. The zero-order chi connectivity index (χ0) is 12.0. The summed E-state index contributed by atoms with van der Waals surface area (Å²) in [6, 6.07) is 0. The van der Waals surface area contributed by atoms with Crippen LogP contribution in [0.2, 0.25) is 0 Å². The van der Waals surface area contributed by atoms with E-state index in [1.807, 2.05) is 0 Å². The Morgan fingerprint density at radius 2 is 2.25 bits per heavy atom. The number of hydrogen-bond acceptors (Lipinski definition) is 3. The van der Waals surface area contributed by atoms with Crippen LogP contribution in [-0.2, 0) is 4.79 Å². The molecule has 3 atom stereocenters. The van der Waals surface area contributed by atoms with Gasteiger partial charge in [0.15, 0.2) is 0 Å². The highest BCUT2D eigenvalue weighted by atomic mass is 16.3. The number of rotatable bonds is 3. The van der Waals surface area contributed by atoms with Gasteiger partial charge in [-0.15, -0.1) is 0 Å². The van der Waals surface area contributed by atoms with E-state index >= 15 is 0 Å². The molecule has 2 bridgehead atoms. The molecule has 0 aromatic rings. The highest BCUT2D eigenvalue weighted by Crippen LogP contribution is 2.65. The minimum Gasteiger partial charge on any atom is -0.392 e. The van der Waals surface area contributed by atoms with Crippen molar-refractivity contribution in [2.75, 3.05) is 13.1 Å². The van der Waals surface area contributed by atoms with Crippen molar-refractivity contribution in [3.63, 3.8) is 0 Å². The lowest BCUT2D eigenvalue weighted by Gasteiger charge is -2.38. The van der Waals surface area contributed by atoms with Crippen LogP contribution in [0.25, 0.3) is 0 Å². The molecule has 0 spiro atoms. The first-order valence-electron chi connectivity index (χ1n) is 6.13. The van der Waals surface area contributed by atoms with Crippen LogP contribution in [-0.4, -0.2) is 30.2 Å². The van der Waals surface area contributed by atoms with E-state index in [-0.39, 0.29) is 11.3 Å². The maximum Gasteiger partial charge on any atom is 0.229 e. The Labute approximate surface area is 96.6 Å². The number of amides is 1. The van der Waals surface area contributed by atoms with Crippen molar-refractivity contribution in [2.45, 2.75) is 39.2 Å². The van der Waals surface area contributed by atoms with E-state index in [1.54, 1.807) is 0 Å². The summed E-state index contributed by atoms with van der Waals surface area (Å²) in [5, 5.41) is 13.0. The molecule has 2 saturated carbocycles. The van der Waals surface area contributed by atoms with Crippen molar-refractivity contribution in [3.05, 3.63) is 0 Å². The van der Waals surface area contributed by atoms with Crippen molar-refractivity contribution >= 4 is 5.91 Å². The third-order valence-corrected chi connectivity index (χ3v) is 4.97. The number of carbonyl (C=O) groups excluding carboxylic acids is 1. The van der Waals surface area contributed by atoms with Gasteiger partial charge >= 0.3 is 0 Å². The van der Waals surface area contributed by atoms with Gasteiger partial charge in [0.2, 0.25) is 5.91 Å². The molecule has 0 heterocycles. The minimum absolute atomic E-state index is 0.00421. The number of fused-ring (bicyclic) bond motifs is 2. The van der Waals surface area contributed by atoms with Crippen LogP contribution in [0.5, 0.6) is 0 Å². The summed E-state index contributed by atoms with van der Waals surface area (Å²) >= 11 is 0. The Kier molecular flexibility index (Phi) is 2.75. The zero-order valence-electron chi connectivity index (χ0n) is 10.1. The molecule has 2 rings (SSSR count). The number of nitrogens with two attached hydrogens (primary N) is 1. The molecule has 0 radical (unpaired) electrons.